The molecule has 3 aromatic carbocycles. The number of hydrogen-bond acceptors (Lipinski definition) is 10. The standard InChI is InChI=1S/C30H32F2N4O4.C23H26F2N4O4/c1-18-11-20(3)36-17-34(14-19(18)2)30(39)26-28(40-16-21-7-5-4-6-8-21)27(37)24(15-35(26)36)29(38)33-13-22-9-10-23(31)12-25(22)32;1-12-6-14(3)29-11-27(9-13(12)2)23(33)19-21(31)20(30)17(10-28(19)29)22(32)26-8-15-4-5-16(24)7-18(15)25/h4-10,12,15,18-20H,11,13-14,16-17H2,1-3H3,(H,33,38);4-5,7,10,12-14,31H,6,8-9,11H2,1-3H3,(H,26,32)/t18-,19+,20+;12-,13+,14+/m00/s1. The number of nitrogens with zero attached hydrogens (tertiary/aromatic N) is 6. The lowest BCUT2D eigenvalue weighted by Crippen LogP contribution is -2.60. The predicted octanol–water partition coefficient (Wildman–Crippen LogP) is 6.23. The molecule has 2 aromatic heterocycles. The van der Waals surface area contributed by atoms with Gasteiger partial charge in [-0.05, 0) is 68.1 Å². The Morgan fingerprint density at radius 3 is 1.55 bits per heavy atom. The molecule has 0 aliphatic carbocycles. The van der Waals surface area contributed by atoms with Gasteiger partial charge in [0.2, 0.25) is 10.9 Å². The number of hydrogen-bond donors (Lipinski definition) is 3. The highest BCUT2D eigenvalue weighted by atomic mass is 19.1. The number of halogens is 4. The fourth-order valence-corrected chi connectivity index (χ4v) is 9.76. The molecule has 2 fully saturated rings. The molecule has 0 spiro atoms. The Morgan fingerprint density at radius 1 is 0.616 bits per heavy atom. The van der Waals surface area contributed by atoms with Crippen LogP contribution in [0.15, 0.2) is 88.7 Å². The number of fused-ring (bicyclic) bond motifs is 8. The second kappa shape index (κ2) is 21.2. The van der Waals surface area contributed by atoms with Crippen molar-refractivity contribution in [3.63, 3.8) is 0 Å². The molecule has 5 aromatic rings. The Labute approximate surface area is 418 Å². The van der Waals surface area contributed by atoms with Crippen LogP contribution in [0.3, 0.4) is 0 Å². The molecule has 16 nitrogen and oxygen atoms in total. The zero-order valence-electron chi connectivity index (χ0n) is 41.3. The van der Waals surface area contributed by atoms with E-state index in [9.17, 15) is 51.4 Å². The van der Waals surface area contributed by atoms with Gasteiger partial charge in [0.25, 0.3) is 23.6 Å². The lowest BCUT2D eigenvalue weighted by atomic mass is 9.88. The number of ether oxygens (including phenoxy) is 1. The van der Waals surface area contributed by atoms with E-state index in [-0.39, 0.29) is 95.6 Å². The zero-order valence-corrected chi connectivity index (χ0v) is 41.3. The molecule has 0 unspecified atom stereocenters. The zero-order chi connectivity index (χ0) is 52.6. The summed E-state index contributed by atoms with van der Waals surface area (Å²) in [5.74, 6) is -5.36. The third-order valence-corrected chi connectivity index (χ3v) is 14.5. The van der Waals surface area contributed by atoms with Crippen molar-refractivity contribution in [1.82, 2.24) is 29.8 Å². The van der Waals surface area contributed by atoms with Gasteiger partial charge in [0, 0.05) is 73.9 Å². The quantitative estimate of drug-likeness (QED) is 0.144. The largest absolute Gasteiger partial charge is 0.502 e. The van der Waals surface area contributed by atoms with E-state index in [1.54, 1.807) is 14.5 Å². The minimum atomic E-state index is -0.986. The van der Waals surface area contributed by atoms with E-state index in [0.717, 1.165) is 36.6 Å². The molecule has 2 saturated heterocycles. The van der Waals surface area contributed by atoms with Crippen LogP contribution < -0.4 is 36.2 Å². The topological polar surface area (TPSA) is 179 Å². The summed E-state index contributed by atoms with van der Waals surface area (Å²) in [6.45, 7) is 13.5. The van der Waals surface area contributed by atoms with Crippen molar-refractivity contribution in [2.45, 2.75) is 86.2 Å². The highest BCUT2D eigenvalue weighted by Crippen LogP contribution is 2.32. The van der Waals surface area contributed by atoms with Crippen LogP contribution in [-0.2, 0) is 19.7 Å². The van der Waals surface area contributed by atoms with Gasteiger partial charge < -0.3 is 30.3 Å². The molecule has 6 atom stereocenters. The minimum Gasteiger partial charge on any atom is -0.502 e. The Bertz CT molecular complexity index is 3080. The van der Waals surface area contributed by atoms with Crippen molar-refractivity contribution in [1.29, 1.82) is 0 Å². The summed E-state index contributed by atoms with van der Waals surface area (Å²) in [6, 6.07) is 15.2. The maximum atomic E-state index is 14.2. The van der Waals surface area contributed by atoms with Crippen molar-refractivity contribution in [3.05, 3.63) is 162 Å². The first-order chi connectivity index (χ1) is 34.7. The van der Waals surface area contributed by atoms with E-state index in [1.165, 1.54) is 29.2 Å². The molecule has 4 aliphatic rings. The van der Waals surface area contributed by atoms with Gasteiger partial charge in [0.15, 0.2) is 22.9 Å². The number of aromatic hydroxyl groups is 1. The van der Waals surface area contributed by atoms with Gasteiger partial charge in [0.05, 0.1) is 0 Å². The van der Waals surface area contributed by atoms with E-state index in [0.29, 0.717) is 37.7 Å². The average Bonchev–Trinajstić information content (AvgIpc) is 3.35. The van der Waals surface area contributed by atoms with Crippen LogP contribution in [0.2, 0.25) is 0 Å². The van der Waals surface area contributed by atoms with Gasteiger partial charge in [-0.15, -0.1) is 0 Å². The van der Waals surface area contributed by atoms with Crippen LogP contribution in [0.25, 0.3) is 0 Å². The molecule has 4 bridgehead atoms. The van der Waals surface area contributed by atoms with Gasteiger partial charge in [-0.3, -0.25) is 48.1 Å². The molecule has 20 heteroatoms. The average molecular weight is 1010 g/mol. The Kier molecular flexibility index (Phi) is 15.0. The monoisotopic (exact) mass is 1010 g/mol. The van der Waals surface area contributed by atoms with Crippen LogP contribution in [-0.4, -0.2) is 86.4 Å². The van der Waals surface area contributed by atoms with E-state index < -0.39 is 57.6 Å². The summed E-state index contributed by atoms with van der Waals surface area (Å²) in [5.41, 5.74) is -1.56. The molecule has 386 valence electrons. The number of aromatic nitrogens is 2. The Hall–Kier alpha value is -7.64. The number of amides is 4. The van der Waals surface area contributed by atoms with Crippen molar-refractivity contribution in [2.24, 2.45) is 23.7 Å². The van der Waals surface area contributed by atoms with E-state index in [2.05, 4.69) is 38.3 Å². The predicted molar refractivity (Wildman–Crippen MR) is 262 cm³/mol. The number of benzene rings is 3. The van der Waals surface area contributed by atoms with E-state index in [1.807, 2.05) is 54.2 Å². The van der Waals surface area contributed by atoms with Crippen LogP contribution in [0, 0.1) is 46.9 Å². The first-order valence-electron chi connectivity index (χ1n) is 24.2. The molecule has 73 heavy (non-hydrogen) atoms. The fraction of sp³-hybridized carbons (Fsp3) is 0.396. The minimum absolute atomic E-state index is 0.0132. The summed E-state index contributed by atoms with van der Waals surface area (Å²) in [4.78, 5) is 82.8. The maximum Gasteiger partial charge on any atom is 0.277 e. The fourth-order valence-electron chi connectivity index (χ4n) is 9.76. The van der Waals surface area contributed by atoms with Crippen molar-refractivity contribution >= 4 is 23.6 Å². The summed E-state index contributed by atoms with van der Waals surface area (Å²) < 4.78 is 63.4. The highest BCUT2D eigenvalue weighted by molar-refractivity contribution is 6.00. The number of carbonyl (C=O) groups excluding carboxylic acids is 4. The summed E-state index contributed by atoms with van der Waals surface area (Å²) in [7, 11) is 0. The number of nitrogens with one attached hydrogen (secondary N) is 2. The van der Waals surface area contributed by atoms with Crippen LogP contribution in [0.5, 0.6) is 11.5 Å². The van der Waals surface area contributed by atoms with Gasteiger partial charge in [-0.2, -0.15) is 0 Å². The first-order valence-corrected chi connectivity index (χ1v) is 24.2. The normalized spacial score (nSPS) is 21.3. The van der Waals surface area contributed by atoms with Gasteiger partial charge in [-0.25, -0.2) is 17.6 Å². The summed E-state index contributed by atoms with van der Waals surface area (Å²) in [6.07, 6.45) is 4.28. The number of carbonyl (C=O) groups is 4. The smallest absolute Gasteiger partial charge is 0.277 e. The lowest BCUT2D eigenvalue weighted by Gasteiger charge is -2.47. The molecule has 6 heterocycles. The Balaban J connectivity index is 0.000000199. The van der Waals surface area contributed by atoms with E-state index >= 15 is 0 Å². The van der Waals surface area contributed by atoms with Crippen LogP contribution >= 0.6 is 0 Å². The van der Waals surface area contributed by atoms with Gasteiger partial charge in [0.1, 0.15) is 54.3 Å². The molecule has 4 aliphatic heterocycles. The van der Waals surface area contributed by atoms with E-state index in [4.69, 9.17) is 4.74 Å². The Morgan fingerprint density at radius 2 is 1.07 bits per heavy atom. The molecule has 3 N–H and O–H groups in total. The van der Waals surface area contributed by atoms with Crippen LogP contribution in [0.4, 0.5) is 17.6 Å². The second-order valence-corrected chi connectivity index (χ2v) is 19.7. The molecule has 4 amide bonds. The maximum absolute atomic E-state index is 14.2. The SMILES string of the molecule is C[C@@H]1CN2CN([C@H](C)C[C@@H]1C)n1cc(C(=O)NCc3ccc(F)cc3F)c(=O)c(O)c1C2=O.C[C@@H]1CN2CN([C@H](C)C[C@@H]1C)n1cc(C(=O)NCc3ccc(F)cc3F)c(=O)c(OCc3ccccc3)c1C2=O. The third kappa shape index (κ3) is 10.6. The van der Waals surface area contributed by atoms with Gasteiger partial charge >= 0.3 is 0 Å². The summed E-state index contributed by atoms with van der Waals surface area (Å²) in [5, 5.41) is 19.4. The van der Waals surface area contributed by atoms with Crippen LogP contribution in [0.1, 0.15) is 113 Å². The lowest BCUT2D eigenvalue weighted by molar-refractivity contribution is 0.0577. The molecule has 0 saturated carbocycles. The second-order valence-electron chi connectivity index (χ2n) is 19.7. The van der Waals surface area contributed by atoms with Crippen molar-refractivity contribution < 1.29 is 46.6 Å². The van der Waals surface area contributed by atoms with Crippen molar-refractivity contribution in [3.8, 4) is 11.5 Å². The molecule has 9 rings (SSSR count). The van der Waals surface area contributed by atoms with Crippen molar-refractivity contribution in [2.75, 3.05) is 36.4 Å². The number of pyridine rings is 2. The molecular weight excluding hydrogens is 953 g/mol. The molecular formula is C53H58F4N8O8. The third-order valence-electron chi connectivity index (χ3n) is 14.5. The highest BCUT2D eigenvalue weighted by Gasteiger charge is 2.41. The first kappa shape index (κ1) is 51.7. The number of rotatable bonds is 9. The molecule has 0 radical (unpaired) electrons. The summed E-state index contributed by atoms with van der Waals surface area (Å²) >= 11 is 0. The van der Waals surface area contributed by atoms with Gasteiger partial charge in [-0.1, -0.05) is 70.2 Å².